The van der Waals surface area contributed by atoms with Crippen LogP contribution in [-0.4, -0.2) is 19.2 Å². The Morgan fingerprint density at radius 1 is 1.29 bits per heavy atom. The van der Waals surface area contributed by atoms with Crippen LogP contribution in [0.5, 0.6) is 5.75 Å². The molecule has 0 spiro atoms. The summed E-state index contributed by atoms with van der Waals surface area (Å²) in [5, 5.41) is 0. The van der Waals surface area contributed by atoms with Gasteiger partial charge in [-0.05, 0) is 18.9 Å². The molecular formula is C14H18O3. The Morgan fingerprint density at radius 3 is 2.71 bits per heavy atom. The first kappa shape index (κ1) is 13.3. The molecule has 0 radical (unpaired) electrons. The fraction of sp³-hybridized carbons (Fsp3) is 0.357. The monoisotopic (exact) mass is 234 g/mol. The van der Waals surface area contributed by atoms with Crippen molar-refractivity contribution in [2.45, 2.75) is 19.8 Å². The molecule has 92 valence electrons. The van der Waals surface area contributed by atoms with Gasteiger partial charge in [0.05, 0.1) is 13.2 Å². The van der Waals surface area contributed by atoms with Gasteiger partial charge in [-0.15, -0.1) is 0 Å². The number of benzene rings is 1. The molecule has 0 unspecified atom stereocenters. The Hall–Kier alpha value is -1.77. The average molecular weight is 234 g/mol. The summed E-state index contributed by atoms with van der Waals surface area (Å²) in [6, 6.07) is 7.76. The van der Waals surface area contributed by atoms with Crippen LogP contribution in [0.2, 0.25) is 0 Å². The van der Waals surface area contributed by atoms with Crippen LogP contribution in [0.3, 0.4) is 0 Å². The summed E-state index contributed by atoms with van der Waals surface area (Å²) in [6.45, 7) is 6.22. The van der Waals surface area contributed by atoms with Crippen molar-refractivity contribution in [3.8, 4) is 5.75 Å². The van der Waals surface area contributed by atoms with E-state index in [1.807, 2.05) is 24.3 Å². The number of ether oxygens (including phenoxy) is 2. The van der Waals surface area contributed by atoms with Crippen molar-refractivity contribution < 1.29 is 14.3 Å². The first-order valence-electron chi connectivity index (χ1n) is 5.71. The van der Waals surface area contributed by atoms with E-state index in [4.69, 9.17) is 9.47 Å². The second kappa shape index (κ2) is 7.49. The van der Waals surface area contributed by atoms with E-state index in [-0.39, 0.29) is 5.97 Å². The number of carbonyl (C=O) groups is 1. The highest BCUT2D eigenvalue weighted by atomic mass is 16.5. The SMILES string of the molecule is C=Cc1ccccc1OCCCCOC(C)=O. The molecule has 17 heavy (non-hydrogen) atoms. The first-order valence-corrected chi connectivity index (χ1v) is 5.71. The first-order chi connectivity index (χ1) is 8.24. The number of hydrogen-bond acceptors (Lipinski definition) is 3. The van der Waals surface area contributed by atoms with Gasteiger partial charge in [0.25, 0.3) is 0 Å². The van der Waals surface area contributed by atoms with E-state index in [0.29, 0.717) is 13.2 Å². The fourth-order valence-corrected chi connectivity index (χ4v) is 1.38. The van der Waals surface area contributed by atoms with Crippen LogP contribution in [0.25, 0.3) is 6.08 Å². The molecule has 1 aromatic rings. The van der Waals surface area contributed by atoms with Gasteiger partial charge >= 0.3 is 5.97 Å². The summed E-state index contributed by atoms with van der Waals surface area (Å²) in [6.07, 6.45) is 3.45. The van der Waals surface area contributed by atoms with E-state index in [1.54, 1.807) is 6.08 Å². The highest BCUT2D eigenvalue weighted by Gasteiger charge is 1.99. The molecule has 3 nitrogen and oxygen atoms in total. The number of hydrogen-bond donors (Lipinski definition) is 0. The zero-order chi connectivity index (χ0) is 12.5. The lowest BCUT2D eigenvalue weighted by atomic mass is 10.2. The molecule has 1 rings (SSSR count). The normalized spacial score (nSPS) is 9.71. The topological polar surface area (TPSA) is 35.5 Å². The third kappa shape index (κ3) is 5.20. The zero-order valence-electron chi connectivity index (χ0n) is 10.1. The number of esters is 1. The molecule has 0 heterocycles. The Balaban J connectivity index is 2.22. The van der Waals surface area contributed by atoms with Crippen LogP contribution < -0.4 is 4.74 Å². The van der Waals surface area contributed by atoms with Crippen molar-refractivity contribution in [3.05, 3.63) is 36.4 Å². The summed E-state index contributed by atoms with van der Waals surface area (Å²) in [4.78, 5) is 10.5. The van der Waals surface area contributed by atoms with Gasteiger partial charge in [0.2, 0.25) is 0 Å². The number of carbonyl (C=O) groups excluding carboxylic acids is 1. The van der Waals surface area contributed by atoms with Gasteiger partial charge in [0.1, 0.15) is 5.75 Å². The summed E-state index contributed by atoms with van der Waals surface area (Å²) in [7, 11) is 0. The van der Waals surface area contributed by atoms with Crippen molar-refractivity contribution in [1.82, 2.24) is 0 Å². The van der Waals surface area contributed by atoms with Crippen molar-refractivity contribution in [2.24, 2.45) is 0 Å². The molecule has 1 aromatic carbocycles. The Labute approximate surface area is 102 Å². The molecule has 0 fully saturated rings. The molecule has 0 aliphatic heterocycles. The highest BCUT2D eigenvalue weighted by molar-refractivity contribution is 5.65. The van der Waals surface area contributed by atoms with Gasteiger partial charge in [-0.1, -0.05) is 30.9 Å². The van der Waals surface area contributed by atoms with E-state index in [9.17, 15) is 4.79 Å². The molecule has 0 aromatic heterocycles. The van der Waals surface area contributed by atoms with E-state index in [0.717, 1.165) is 24.2 Å². The zero-order valence-corrected chi connectivity index (χ0v) is 10.1. The Bertz CT molecular complexity index is 371. The van der Waals surface area contributed by atoms with Crippen LogP contribution in [-0.2, 0) is 9.53 Å². The van der Waals surface area contributed by atoms with E-state index in [2.05, 4.69) is 6.58 Å². The number of rotatable bonds is 7. The Morgan fingerprint density at radius 2 is 2.00 bits per heavy atom. The second-order valence-corrected chi connectivity index (χ2v) is 3.64. The van der Waals surface area contributed by atoms with E-state index in [1.165, 1.54) is 6.92 Å². The molecule has 0 saturated carbocycles. The predicted molar refractivity (Wildman–Crippen MR) is 67.9 cm³/mol. The lowest BCUT2D eigenvalue weighted by Gasteiger charge is -2.08. The third-order valence-electron chi connectivity index (χ3n) is 2.24. The maximum absolute atomic E-state index is 10.5. The molecule has 0 atom stereocenters. The van der Waals surface area contributed by atoms with Crippen LogP contribution in [0.4, 0.5) is 0 Å². The van der Waals surface area contributed by atoms with Gasteiger partial charge < -0.3 is 9.47 Å². The fourth-order valence-electron chi connectivity index (χ4n) is 1.38. The molecular weight excluding hydrogens is 216 g/mol. The molecule has 0 aliphatic rings. The summed E-state index contributed by atoms with van der Waals surface area (Å²) < 4.78 is 10.5. The van der Waals surface area contributed by atoms with Crippen molar-refractivity contribution in [2.75, 3.05) is 13.2 Å². The molecule has 0 aliphatic carbocycles. The molecule has 0 saturated heterocycles. The molecule has 0 amide bonds. The van der Waals surface area contributed by atoms with Gasteiger partial charge in [0, 0.05) is 12.5 Å². The van der Waals surface area contributed by atoms with Gasteiger partial charge in [-0.3, -0.25) is 4.79 Å². The average Bonchev–Trinajstić information content (AvgIpc) is 2.33. The maximum Gasteiger partial charge on any atom is 0.302 e. The quantitative estimate of drug-likeness (QED) is 0.537. The lowest BCUT2D eigenvalue weighted by Crippen LogP contribution is -2.04. The third-order valence-corrected chi connectivity index (χ3v) is 2.24. The molecule has 0 N–H and O–H groups in total. The van der Waals surface area contributed by atoms with Gasteiger partial charge in [-0.25, -0.2) is 0 Å². The summed E-state index contributed by atoms with van der Waals surface area (Å²) >= 11 is 0. The lowest BCUT2D eigenvalue weighted by molar-refractivity contribution is -0.141. The highest BCUT2D eigenvalue weighted by Crippen LogP contribution is 2.18. The molecule has 0 bridgehead atoms. The van der Waals surface area contributed by atoms with Crippen LogP contribution in [0.1, 0.15) is 25.3 Å². The minimum atomic E-state index is -0.233. The maximum atomic E-state index is 10.5. The second-order valence-electron chi connectivity index (χ2n) is 3.64. The number of para-hydroxylation sites is 1. The standard InChI is InChI=1S/C14H18O3/c1-3-13-8-4-5-9-14(13)17-11-7-6-10-16-12(2)15/h3-5,8-9H,1,6-7,10-11H2,2H3. The van der Waals surface area contributed by atoms with Crippen LogP contribution >= 0.6 is 0 Å². The predicted octanol–water partition coefficient (Wildman–Crippen LogP) is 3.05. The van der Waals surface area contributed by atoms with Crippen LogP contribution in [0.15, 0.2) is 30.8 Å². The smallest absolute Gasteiger partial charge is 0.302 e. The van der Waals surface area contributed by atoms with E-state index < -0.39 is 0 Å². The minimum absolute atomic E-state index is 0.233. The molecule has 3 heteroatoms. The van der Waals surface area contributed by atoms with Crippen LogP contribution in [0, 0.1) is 0 Å². The largest absolute Gasteiger partial charge is 0.493 e. The summed E-state index contributed by atoms with van der Waals surface area (Å²) in [5.41, 5.74) is 0.993. The van der Waals surface area contributed by atoms with E-state index >= 15 is 0 Å². The van der Waals surface area contributed by atoms with Crippen molar-refractivity contribution in [3.63, 3.8) is 0 Å². The summed E-state index contributed by atoms with van der Waals surface area (Å²) in [5.74, 6) is 0.609. The van der Waals surface area contributed by atoms with Crippen molar-refractivity contribution in [1.29, 1.82) is 0 Å². The number of unbranched alkanes of at least 4 members (excludes halogenated alkanes) is 1. The minimum Gasteiger partial charge on any atom is -0.493 e. The Kier molecular flexibility index (Phi) is 5.86. The van der Waals surface area contributed by atoms with Crippen molar-refractivity contribution >= 4 is 12.0 Å². The van der Waals surface area contributed by atoms with Gasteiger partial charge in [0.15, 0.2) is 0 Å². The van der Waals surface area contributed by atoms with Gasteiger partial charge in [-0.2, -0.15) is 0 Å².